The van der Waals surface area contributed by atoms with Crippen LogP contribution < -0.4 is 11.5 Å². The van der Waals surface area contributed by atoms with Gasteiger partial charge < -0.3 is 16.2 Å². The quantitative estimate of drug-likeness (QED) is 0.775. The molecule has 1 fully saturated rings. The van der Waals surface area contributed by atoms with Gasteiger partial charge in [0.1, 0.15) is 0 Å². The molecule has 4 nitrogen and oxygen atoms in total. The lowest BCUT2D eigenvalue weighted by Gasteiger charge is -2.37. The topological polar surface area (TPSA) is 78.3 Å². The minimum absolute atomic E-state index is 0.299. The lowest BCUT2D eigenvalue weighted by molar-refractivity contribution is -0.124. The molecule has 4 heteroatoms. The van der Waals surface area contributed by atoms with Crippen molar-refractivity contribution < 1.29 is 9.53 Å². The van der Waals surface area contributed by atoms with Gasteiger partial charge in [0.2, 0.25) is 5.91 Å². The molecule has 0 saturated heterocycles. The van der Waals surface area contributed by atoms with Gasteiger partial charge in [0.25, 0.3) is 0 Å². The summed E-state index contributed by atoms with van der Waals surface area (Å²) in [5.41, 5.74) is 10.1. The number of primary amides is 1. The van der Waals surface area contributed by atoms with Crippen LogP contribution in [0.5, 0.6) is 0 Å². The Hall–Kier alpha value is -0.610. The van der Waals surface area contributed by atoms with Crippen LogP contribution in [0.15, 0.2) is 0 Å². The maximum atomic E-state index is 11.2. The SMILES string of the molecule is CC1CCC(C(C)C)C(OCCC(C)(N)C(N)=O)C1. The zero-order valence-electron chi connectivity index (χ0n) is 12.8. The first kappa shape index (κ1) is 16.4. The highest BCUT2D eigenvalue weighted by Gasteiger charge is 2.32. The van der Waals surface area contributed by atoms with Gasteiger partial charge in [-0.05, 0) is 43.9 Å². The molecule has 0 aromatic rings. The minimum atomic E-state index is -0.965. The maximum Gasteiger partial charge on any atom is 0.237 e. The Bertz CT molecular complexity index is 303. The summed E-state index contributed by atoms with van der Waals surface area (Å²) < 4.78 is 6.03. The third kappa shape index (κ3) is 4.77. The fourth-order valence-electron chi connectivity index (χ4n) is 2.85. The van der Waals surface area contributed by atoms with Crippen molar-refractivity contribution in [2.45, 2.75) is 65.0 Å². The van der Waals surface area contributed by atoms with Crippen molar-refractivity contribution in [3.63, 3.8) is 0 Å². The van der Waals surface area contributed by atoms with Gasteiger partial charge in [-0.25, -0.2) is 0 Å². The van der Waals surface area contributed by atoms with Crippen LogP contribution in [-0.4, -0.2) is 24.2 Å². The van der Waals surface area contributed by atoms with Gasteiger partial charge in [-0.3, -0.25) is 4.79 Å². The molecule has 4 unspecified atom stereocenters. The predicted molar refractivity (Wildman–Crippen MR) is 77.5 cm³/mol. The Kier molecular flexibility index (Phi) is 5.81. The van der Waals surface area contributed by atoms with E-state index in [-0.39, 0.29) is 0 Å². The summed E-state index contributed by atoms with van der Waals surface area (Å²) in [6.45, 7) is 8.98. The molecule has 1 aliphatic carbocycles. The summed E-state index contributed by atoms with van der Waals surface area (Å²) in [4.78, 5) is 11.2. The highest BCUT2D eigenvalue weighted by atomic mass is 16.5. The fourth-order valence-corrected chi connectivity index (χ4v) is 2.85. The molecule has 19 heavy (non-hydrogen) atoms. The highest BCUT2D eigenvalue weighted by Crippen LogP contribution is 2.35. The van der Waals surface area contributed by atoms with Crippen LogP contribution in [-0.2, 0) is 9.53 Å². The monoisotopic (exact) mass is 270 g/mol. The molecule has 4 N–H and O–H groups in total. The fraction of sp³-hybridized carbons (Fsp3) is 0.933. The van der Waals surface area contributed by atoms with Crippen LogP contribution in [0, 0.1) is 17.8 Å². The van der Waals surface area contributed by atoms with Crippen LogP contribution >= 0.6 is 0 Å². The zero-order chi connectivity index (χ0) is 14.6. The summed E-state index contributed by atoms with van der Waals surface area (Å²) in [6, 6.07) is 0. The molecule has 0 aromatic carbocycles. The Morgan fingerprint density at radius 2 is 2.05 bits per heavy atom. The second-order valence-corrected chi connectivity index (χ2v) is 6.77. The molecule has 1 amide bonds. The van der Waals surface area contributed by atoms with E-state index in [0.717, 1.165) is 12.3 Å². The summed E-state index contributed by atoms with van der Waals surface area (Å²) in [6.07, 6.45) is 4.42. The van der Waals surface area contributed by atoms with Crippen molar-refractivity contribution in [3.8, 4) is 0 Å². The molecular formula is C15H30N2O2. The molecule has 0 aromatic heterocycles. The molecule has 4 atom stereocenters. The van der Waals surface area contributed by atoms with Crippen LogP contribution in [0.1, 0.15) is 53.4 Å². The largest absolute Gasteiger partial charge is 0.378 e. The van der Waals surface area contributed by atoms with Crippen LogP contribution in [0.25, 0.3) is 0 Å². The van der Waals surface area contributed by atoms with Gasteiger partial charge in [-0.1, -0.05) is 27.2 Å². The van der Waals surface area contributed by atoms with E-state index in [0.29, 0.717) is 31.0 Å². The smallest absolute Gasteiger partial charge is 0.237 e. The maximum absolute atomic E-state index is 11.2. The molecule has 112 valence electrons. The highest BCUT2D eigenvalue weighted by molar-refractivity contribution is 5.83. The van der Waals surface area contributed by atoms with E-state index < -0.39 is 11.4 Å². The molecule has 0 bridgehead atoms. The molecule has 0 spiro atoms. The number of carbonyl (C=O) groups is 1. The summed E-state index contributed by atoms with van der Waals surface area (Å²) in [5.74, 6) is 1.51. The molecular weight excluding hydrogens is 240 g/mol. The first-order valence-corrected chi connectivity index (χ1v) is 7.44. The molecule has 0 heterocycles. The van der Waals surface area contributed by atoms with Gasteiger partial charge in [-0.2, -0.15) is 0 Å². The second-order valence-electron chi connectivity index (χ2n) is 6.77. The summed E-state index contributed by atoms with van der Waals surface area (Å²) in [7, 11) is 0. The summed E-state index contributed by atoms with van der Waals surface area (Å²) in [5, 5.41) is 0. The van der Waals surface area contributed by atoms with E-state index in [2.05, 4.69) is 20.8 Å². The number of ether oxygens (including phenoxy) is 1. The van der Waals surface area contributed by atoms with Gasteiger partial charge in [0.15, 0.2) is 0 Å². The lowest BCUT2D eigenvalue weighted by Crippen LogP contribution is -2.50. The summed E-state index contributed by atoms with van der Waals surface area (Å²) >= 11 is 0. The first-order chi connectivity index (χ1) is 8.74. The Morgan fingerprint density at radius 1 is 1.42 bits per heavy atom. The van der Waals surface area contributed by atoms with Gasteiger partial charge in [-0.15, -0.1) is 0 Å². The Balaban J connectivity index is 2.47. The average molecular weight is 270 g/mol. The third-order valence-electron chi connectivity index (χ3n) is 4.48. The average Bonchev–Trinajstić information content (AvgIpc) is 2.28. The van der Waals surface area contributed by atoms with Crippen LogP contribution in [0.2, 0.25) is 0 Å². The minimum Gasteiger partial charge on any atom is -0.378 e. The van der Waals surface area contributed by atoms with E-state index >= 15 is 0 Å². The van der Waals surface area contributed by atoms with Crippen molar-refractivity contribution in [2.24, 2.45) is 29.2 Å². The third-order valence-corrected chi connectivity index (χ3v) is 4.48. The van der Waals surface area contributed by atoms with Gasteiger partial charge in [0, 0.05) is 6.61 Å². The van der Waals surface area contributed by atoms with Crippen molar-refractivity contribution in [1.29, 1.82) is 0 Å². The lowest BCUT2D eigenvalue weighted by atomic mass is 9.75. The number of carbonyl (C=O) groups excluding carboxylic acids is 1. The predicted octanol–water partition coefficient (Wildman–Crippen LogP) is 2.06. The van der Waals surface area contributed by atoms with Crippen LogP contribution in [0.3, 0.4) is 0 Å². The van der Waals surface area contributed by atoms with E-state index in [1.807, 2.05) is 0 Å². The van der Waals surface area contributed by atoms with E-state index in [9.17, 15) is 4.79 Å². The van der Waals surface area contributed by atoms with Crippen molar-refractivity contribution >= 4 is 5.91 Å². The second kappa shape index (κ2) is 6.71. The van der Waals surface area contributed by atoms with E-state index in [1.54, 1.807) is 6.92 Å². The Labute approximate surface area is 117 Å². The first-order valence-electron chi connectivity index (χ1n) is 7.44. The normalized spacial score (nSPS) is 31.2. The molecule has 1 aliphatic rings. The number of hydrogen-bond acceptors (Lipinski definition) is 3. The number of amides is 1. The van der Waals surface area contributed by atoms with E-state index in [4.69, 9.17) is 16.2 Å². The zero-order valence-corrected chi connectivity index (χ0v) is 12.8. The number of hydrogen-bond donors (Lipinski definition) is 2. The van der Waals surface area contributed by atoms with E-state index in [1.165, 1.54) is 12.8 Å². The number of rotatable bonds is 6. The molecule has 0 aliphatic heterocycles. The number of nitrogens with two attached hydrogens (primary N) is 2. The van der Waals surface area contributed by atoms with Gasteiger partial charge >= 0.3 is 0 Å². The standard InChI is InChI=1S/C15H30N2O2/c1-10(2)12-6-5-11(3)9-13(12)19-8-7-15(4,17)14(16)18/h10-13H,5-9,17H2,1-4H3,(H2,16,18). The van der Waals surface area contributed by atoms with Crippen molar-refractivity contribution in [1.82, 2.24) is 0 Å². The molecule has 1 rings (SSSR count). The molecule has 0 radical (unpaired) electrons. The van der Waals surface area contributed by atoms with Gasteiger partial charge in [0.05, 0.1) is 11.6 Å². The van der Waals surface area contributed by atoms with Crippen molar-refractivity contribution in [2.75, 3.05) is 6.61 Å². The van der Waals surface area contributed by atoms with Crippen LogP contribution in [0.4, 0.5) is 0 Å². The molecule has 1 saturated carbocycles. The van der Waals surface area contributed by atoms with Crippen molar-refractivity contribution in [3.05, 3.63) is 0 Å². The Morgan fingerprint density at radius 3 is 2.58 bits per heavy atom.